The Morgan fingerprint density at radius 2 is 1.57 bits per heavy atom. The molecule has 0 radical (unpaired) electrons. The van der Waals surface area contributed by atoms with Gasteiger partial charge in [-0.1, -0.05) is 95.7 Å². The summed E-state index contributed by atoms with van der Waals surface area (Å²) in [6, 6.07) is 4.10. The largest absolute Gasteiger partial charge is 0.480 e. The summed E-state index contributed by atoms with van der Waals surface area (Å²) in [7, 11) is 3.05. The molecule has 54 heavy (non-hydrogen) atoms. The summed E-state index contributed by atoms with van der Waals surface area (Å²) in [5, 5.41) is 20.6. The second-order valence-electron chi connectivity index (χ2n) is 14.5. The van der Waals surface area contributed by atoms with Crippen molar-refractivity contribution >= 4 is 41.8 Å². The van der Waals surface area contributed by atoms with Crippen molar-refractivity contribution in [1.82, 2.24) is 26.2 Å². The summed E-state index contributed by atoms with van der Waals surface area (Å²) in [5.74, 6) is -7.47. The Kier molecular flexibility index (Phi) is 18.3. The lowest BCUT2D eigenvalue weighted by molar-refractivity contribution is -0.148. The molecule has 0 saturated carbocycles. The van der Waals surface area contributed by atoms with Crippen molar-refractivity contribution in [2.24, 2.45) is 23.7 Å². The van der Waals surface area contributed by atoms with Gasteiger partial charge in [0, 0.05) is 26.5 Å². The number of methoxy groups -OCH3 is 1. The molecule has 0 aliphatic carbocycles. The zero-order chi connectivity index (χ0) is 40.7. The lowest BCUT2D eigenvalue weighted by atomic mass is 9.94. The highest BCUT2D eigenvalue weighted by Crippen LogP contribution is 2.19. The van der Waals surface area contributed by atoms with Crippen molar-refractivity contribution in [2.45, 2.75) is 110 Å². The average molecular weight is 754 g/mol. The van der Waals surface area contributed by atoms with E-state index in [1.165, 1.54) is 14.0 Å². The number of aldehydes is 1. The van der Waals surface area contributed by atoms with Gasteiger partial charge in [-0.05, 0) is 37.7 Å². The molecule has 0 aromatic heterocycles. The molecule has 1 aromatic rings. The van der Waals surface area contributed by atoms with E-state index >= 15 is 0 Å². The van der Waals surface area contributed by atoms with Crippen molar-refractivity contribution in [3.63, 3.8) is 0 Å². The number of nitrogens with one attached hydrogen (secondary N) is 4. The Labute approximate surface area is 318 Å². The third kappa shape index (κ3) is 13.2. The van der Waals surface area contributed by atoms with Gasteiger partial charge in [-0.25, -0.2) is 4.79 Å². The van der Waals surface area contributed by atoms with E-state index in [9.17, 15) is 38.7 Å². The number of benzene rings is 1. The highest BCUT2D eigenvalue weighted by molar-refractivity contribution is 5.95. The fourth-order valence-electron chi connectivity index (χ4n) is 6.29. The van der Waals surface area contributed by atoms with Gasteiger partial charge in [0.25, 0.3) is 0 Å². The van der Waals surface area contributed by atoms with Crippen LogP contribution in [0, 0.1) is 23.7 Å². The van der Waals surface area contributed by atoms with E-state index in [0.717, 1.165) is 16.0 Å². The summed E-state index contributed by atoms with van der Waals surface area (Å²) in [5.41, 5.74) is 1.96. The van der Waals surface area contributed by atoms with Gasteiger partial charge in [0.15, 0.2) is 0 Å². The monoisotopic (exact) mass is 753 g/mol. The molecule has 1 heterocycles. The maximum absolute atomic E-state index is 13.9. The van der Waals surface area contributed by atoms with Crippen LogP contribution in [0.5, 0.6) is 0 Å². The van der Waals surface area contributed by atoms with Gasteiger partial charge in [-0.15, -0.1) is 0 Å². The number of aliphatic carboxylic acids is 1. The summed E-state index contributed by atoms with van der Waals surface area (Å²) in [4.78, 5) is 92.9. The van der Waals surface area contributed by atoms with E-state index in [-0.39, 0.29) is 31.3 Å². The molecule has 0 bridgehead atoms. The number of hydrogen-bond donors (Lipinski definition) is 5. The molecule has 1 aliphatic heterocycles. The summed E-state index contributed by atoms with van der Waals surface area (Å²) in [6.07, 6.45) is 6.43. The van der Waals surface area contributed by atoms with Crippen LogP contribution in [0.4, 0.5) is 0 Å². The van der Waals surface area contributed by atoms with Gasteiger partial charge in [0.1, 0.15) is 24.4 Å². The Morgan fingerprint density at radius 3 is 2.13 bits per heavy atom. The fourth-order valence-corrected chi connectivity index (χ4v) is 6.29. The molecule has 2 rings (SSSR count). The van der Waals surface area contributed by atoms with Crippen LogP contribution >= 0.6 is 0 Å². The van der Waals surface area contributed by atoms with Gasteiger partial charge in [0.05, 0.1) is 30.0 Å². The number of carbonyl (C=O) groups is 7. The number of nitrogens with zero attached hydrogens (tertiary/aromatic N) is 1. The predicted octanol–water partition coefficient (Wildman–Crippen LogP) is 2.56. The average Bonchev–Trinajstić information content (AvgIpc) is 3.13. The molecule has 0 spiro atoms. The van der Waals surface area contributed by atoms with Crippen molar-refractivity contribution < 1.29 is 43.4 Å². The number of carboxylic acids is 1. The SMILES string of the molecule is CCC1C(=O)N[C@@H](C(=O)O)[C@H](C)C(=O)N[C@@H](C(C)C)C(=O)N[C@@H](/C=C/C(C)=C/[C@H](C)[C@H](Cc2ccccc2)OC)[C@H](C)C(=O)N[C@@H](C=O)CCC(=O)N1C. The number of carbonyl (C=O) groups excluding carboxylic acids is 6. The molecular weight excluding hydrogens is 694 g/mol. The first-order valence-corrected chi connectivity index (χ1v) is 18.5. The molecular formula is C40H59N5O9. The number of carboxylic acid groups (broad SMARTS) is 1. The van der Waals surface area contributed by atoms with E-state index < -0.39 is 83.5 Å². The first-order chi connectivity index (χ1) is 25.4. The second kappa shape index (κ2) is 21.8. The Bertz CT molecular complexity index is 1530. The molecule has 1 saturated heterocycles. The van der Waals surface area contributed by atoms with Crippen LogP contribution in [0.2, 0.25) is 0 Å². The van der Waals surface area contributed by atoms with Crippen molar-refractivity contribution in [3.05, 3.63) is 59.7 Å². The van der Waals surface area contributed by atoms with E-state index in [4.69, 9.17) is 4.74 Å². The third-order valence-corrected chi connectivity index (χ3v) is 9.96. The van der Waals surface area contributed by atoms with Crippen LogP contribution in [-0.4, -0.2) is 102 Å². The lowest BCUT2D eigenvalue weighted by Gasteiger charge is -2.30. The highest BCUT2D eigenvalue weighted by atomic mass is 16.5. The van der Waals surface area contributed by atoms with Crippen LogP contribution in [0.25, 0.3) is 0 Å². The number of likely N-dealkylation sites (N-methyl/N-ethyl adjacent to an activating group) is 1. The zero-order valence-electron chi connectivity index (χ0n) is 33.0. The summed E-state index contributed by atoms with van der Waals surface area (Å²) >= 11 is 0. The van der Waals surface area contributed by atoms with Crippen LogP contribution in [0.1, 0.15) is 73.3 Å². The molecule has 5 N–H and O–H groups in total. The Morgan fingerprint density at radius 1 is 0.944 bits per heavy atom. The van der Waals surface area contributed by atoms with Crippen LogP contribution in [-0.2, 0) is 44.7 Å². The van der Waals surface area contributed by atoms with Gasteiger partial charge in [-0.2, -0.15) is 0 Å². The van der Waals surface area contributed by atoms with Crippen molar-refractivity contribution in [3.8, 4) is 0 Å². The van der Waals surface area contributed by atoms with Crippen LogP contribution < -0.4 is 21.3 Å². The number of ether oxygens (including phenoxy) is 1. The third-order valence-electron chi connectivity index (χ3n) is 9.96. The van der Waals surface area contributed by atoms with Crippen LogP contribution in [0.15, 0.2) is 54.1 Å². The van der Waals surface area contributed by atoms with E-state index in [1.54, 1.807) is 47.0 Å². The molecule has 298 valence electrons. The molecule has 14 nitrogen and oxygen atoms in total. The van der Waals surface area contributed by atoms with Crippen molar-refractivity contribution in [2.75, 3.05) is 14.2 Å². The maximum Gasteiger partial charge on any atom is 0.327 e. The number of hydrogen-bond acceptors (Lipinski definition) is 8. The molecule has 1 unspecified atom stereocenters. The number of rotatable bonds is 11. The molecule has 1 aromatic carbocycles. The smallest absolute Gasteiger partial charge is 0.327 e. The zero-order valence-corrected chi connectivity index (χ0v) is 33.0. The van der Waals surface area contributed by atoms with Gasteiger partial charge in [-0.3, -0.25) is 24.0 Å². The quantitative estimate of drug-likeness (QED) is 0.166. The minimum absolute atomic E-state index is 0.00527. The van der Waals surface area contributed by atoms with Gasteiger partial charge < -0.3 is 40.8 Å². The maximum atomic E-state index is 13.9. The summed E-state index contributed by atoms with van der Waals surface area (Å²) < 4.78 is 5.79. The van der Waals surface area contributed by atoms with Crippen molar-refractivity contribution in [1.29, 1.82) is 0 Å². The highest BCUT2D eigenvalue weighted by Gasteiger charge is 2.38. The second-order valence-corrected chi connectivity index (χ2v) is 14.5. The molecule has 14 heteroatoms. The van der Waals surface area contributed by atoms with E-state index in [2.05, 4.69) is 21.3 Å². The van der Waals surface area contributed by atoms with Gasteiger partial charge in [0.2, 0.25) is 29.5 Å². The number of allylic oxidation sites excluding steroid dienone is 2. The summed E-state index contributed by atoms with van der Waals surface area (Å²) in [6.45, 7) is 11.9. The molecule has 1 fully saturated rings. The van der Waals surface area contributed by atoms with Crippen LogP contribution in [0.3, 0.4) is 0 Å². The fraction of sp³-hybridized carbons (Fsp3) is 0.575. The standard InChI is InChI=1S/C40H59N5O9/c1-10-31-38(50)44-35(40(52)53)27(7)37(49)43-34(23(2)3)39(51)42-30(26(6)36(48)41-29(22-46)17-19-33(47)45(31)8)18-16-24(4)20-25(5)32(54-9)21-28-14-12-11-13-15-28/h11-16,18,20,22-23,25-27,29-32,34-35H,10,17,19,21H2,1-9H3,(H,41,48)(H,42,51)(H,43,49)(H,44,50)(H,52,53)/b18-16+,24-20+/t25-,26-,27-,29+,30-,31?,32-,34-,35+/m0/s1. The Hall–Kier alpha value is -4.85. The normalized spacial score (nSPS) is 27.1. The van der Waals surface area contributed by atoms with E-state index in [1.807, 2.05) is 50.3 Å². The minimum atomic E-state index is -1.67. The lowest BCUT2D eigenvalue weighted by Crippen LogP contribution is -2.58. The first-order valence-electron chi connectivity index (χ1n) is 18.5. The first kappa shape index (κ1) is 45.3. The molecule has 1 aliphatic rings. The number of amides is 5. The predicted molar refractivity (Wildman–Crippen MR) is 204 cm³/mol. The Balaban J connectivity index is 2.52. The minimum Gasteiger partial charge on any atom is -0.480 e. The van der Waals surface area contributed by atoms with Gasteiger partial charge >= 0.3 is 5.97 Å². The van der Waals surface area contributed by atoms with E-state index in [0.29, 0.717) is 12.7 Å². The molecule has 9 atom stereocenters. The molecule has 5 amide bonds. The topological polar surface area (TPSA) is 200 Å².